The molecule has 2 rings (SSSR count). The third-order valence-corrected chi connectivity index (χ3v) is 5.05. The van der Waals surface area contributed by atoms with Gasteiger partial charge in [0, 0.05) is 12.0 Å². The maximum Gasteiger partial charge on any atom is 0.405 e. The highest BCUT2D eigenvalue weighted by atomic mass is 16.7. The molecule has 0 atom stereocenters. The van der Waals surface area contributed by atoms with Crippen molar-refractivity contribution in [3.05, 3.63) is 41.5 Å². The number of carbonyl (C=O) groups is 2. The predicted molar refractivity (Wildman–Crippen MR) is 113 cm³/mol. The van der Waals surface area contributed by atoms with Crippen LogP contribution in [0.15, 0.2) is 30.3 Å². The van der Waals surface area contributed by atoms with Gasteiger partial charge in [-0.3, -0.25) is 4.79 Å². The fourth-order valence-electron chi connectivity index (χ4n) is 3.18. The number of nitrogens with one attached hydrogen (secondary N) is 1. The number of ketones is 1. The van der Waals surface area contributed by atoms with E-state index in [2.05, 4.69) is 12.2 Å². The Kier molecular flexibility index (Phi) is 8.41. The van der Waals surface area contributed by atoms with E-state index in [1.54, 1.807) is 19.9 Å². The summed E-state index contributed by atoms with van der Waals surface area (Å²) in [7, 11) is 0. The van der Waals surface area contributed by atoms with Gasteiger partial charge in [0.25, 0.3) is 0 Å². The smallest absolute Gasteiger partial charge is 0.405 e. The lowest BCUT2D eigenvalue weighted by Crippen LogP contribution is -2.59. The van der Waals surface area contributed by atoms with E-state index in [4.69, 9.17) is 9.47 Å². The van der Waals surface area contributed by atoms with Crippen LogP contribution in [0.25, 0.3) is 6.08 Å². The second-order valence-electron chi connectivity index (χ2n) is 8.11. The number of carboxylic acid groups (broad SMARTS) is 1. The van der Waals surface area contributed by atoms with Crippen molar-refractivity contribution in [2.45, 2.75) is 70.6 Å². The molecular weight excluding hydrogens is 370 g/mol. The first-order valence-electron chi connectivity index (χ1n) is 10.4. The van der Waals surface area contributed by atoms with Crippen molar-refractivity contribution in [2.24, 2.45) is 0 Å². The number of Topliss-reactive ketones (excluding diaryl/α,β-unsaturated/α-hetero) is 1. The third kappa shape index (κ3) is 7.63. The molecule has 6 heteroatoms. The van der Waals surface area contributed by atoms with E-state index < -0.39 is 17.4 Å². The van der Waals surface area contributed by atoms with Crippen LogP contribution < -0.4 is 5.32 Å². The summed E-state index contributed by atoms with van der Waals surface area (Å²) >= 11 is 0. The van der Waals surface area contributed by atoms with Crippen molar-refractivity contribution < 1.29 is 24.2 Å². The third-order valence-electron chi connectivity index (χ3n) is 5.05. The Labute approximate surface area is 173 Å². The van der Waals surface area contributed by atoms with Crippen LogP contribution in [0.3, 0.4) is 0 Å². The molecule has 1 aromatic rings. The average Bonchev–Trinajstić information content (AvgIpc) is 2.68. The number of benzene rings is 1. The Hall–Kier alpha value is -2.18. The summed E-state index contributed by atoms with van der Waals surface area (Å²) in [6, 6.07) is 7.37. The minimum Gasteiger partial charge on any atom is -0.465 e. The van der Waals surface area contributed by atoms with Crippen LogP contribution in [0.1, 0.15) is 75.2 Å². The van der Waals surface area contributed by atoms with Gasteiger partial charge >= 0.3 is 6.09 Å². The number of amides is 1. The van der Waals surface area contributed by atoms with Gasteiger partial charge in [0.1, 0.15) is 5.54 Å². The molecule has 1 heterocycles. The van der Waals surface area contributed by atoms with Gasteiger partial charge in [-0.05, 0) is 25.8 Å². The number of ether oxygens (including phenoxy) is 2. The average molecular weight is 404 g/mol. The summed E-state index contributed by atoms with van der Waals surface area (Å²) in [5.41, 5.74) is 0.636. The van der Waals surface area contributed by atoms with Gasteiger partial charge in [-0.25, -0.2) is 4.79 Å². The van der Waals surface area contributed by atoms with E-state index in [0.717, 1.165) is 18.4 Å². The molecule has 0 radical (unpaired) electrons. The van der Waals surface area contributed by atoms with Crippen molar-refractivity contribution in [2.75, 3.05) is 13.2 Å². The lowest BCUT2D eigenvalue weighted by Gasteiger charge is -2.41. The fourth-order valence-corrected chi connectivity index (χ4v) is 3.18. The maximum absolute atomic E-state index is 12.3. The molecule has 1 fully saturated rings. The Morgan fingerprint density at radius 3 is 2.28 bits per heavy atom. The van der Waals surface area contributed by atoms with Gasteiger partial charge in [-0.1, -0.05) is 69.0 Å². The van der Waals surface area contributed by atoms with E-state index in [1.165, 1.54) is 19.3 Å². The zero-order chi connectivity index (χ0) is 21.3. The van der Waals surface area contributed by atoms with Crippen LogP contribution in [0.5, 0.6) is 0 Å². The second kappa shape index (κ2) is 10.6. The number of hydrogen-bond acceptors (Lipinski definition) is 4. The van der Waals surface area contributed by atoms with Crippen LogP contribution in [-0.4, -0.2) is 41.5 Å². The molecule has 0 unspecified atom stereocenters. The Morgan fingerprint density at radius 1 is 1.07 bits per heavy atom. The monoisotopic (exact) mass is 403 g/mol. The standard InChI is InChI=1S/C23H33NO5/c1-4-5-6-7-8-9-20(25)19-12-10-18(11-13-19)14-15-23(24-21(26)27)16-28-22(2,3)29-17-23/h10-15,24H,4-9,16-17H2,1-3H3,(H,26,27). The minimum absolute atomic E-state index is 0.164. The van der Waals surface area contributed by atoms with Gasteiger partial charge in [0.2, 0.25) is 0 Å². The zero-order valence-electron chi connectivity index (χ0n) is 17.7. The summed E-state index contributed by atoms with van der Waals surface area (Å²) in [5.74, 6) is -0.576. The normalized spacial score (nSPS) is 17.9. The molecule has 2 N–H and O–H groups in total. The summed E-state index contributed by atoms with van der Waals surface area (Å²) in [4.78, 5) is 23.5. The van der Waals surface area contributed by atoms with E-state index in [1.807, 2.05) is 30.3 Å². The Morgan fingerprint density at radius 2 is 1.69 bits per heavy atom. The van der Waals surface area contributed by atoms with Crippen molar-refractivity contribution in [3.63, 3.8) is 0 Å². The molecule has 29 heavy (non-hydrogen) atoms. The molecule has 160 valence electrons. The van der Waals surface area contributed by atoms with Gasteiger partial charge < -0.3 is 19.9 Å². The van der Waals surface area contributed by atoms with Crippen LogP contribution in [-0.2, 0) is 9.47 Å². The van der Waals surface area contributed by atoms with E-state index in [9.17, 15) is 14.7 Å². The van der Waals surface area contributed by atoms with Crippen molar-refractivity contribution in [1.29, 1.82) is 0 Å². The molecule has 1 aromatic carbocycles. The molecule has 1 aliphatic rings. The molecule has 1 aliphatic heterocycles. The summed E-state index contributed by atoms with van der Waals surface area (Å²) in [6.07, 6.45) is 8.64. The van der Waals surface area contributed by atoms with E-state index in [0.29, 0.717) is 12.0 Å². The quantitative estimate of drug-likeness (QED) is 0.423. The molecule has 0 saturated carbocycles. The van der Waals surface area contributed by atoms with E-state index >= 15 is 0 Å². The highest BCUT2D eigenvalue weighted by Crippen LogP contribution is 2.25. The molecule has 1 saturated heterocycles. The Balaban J connectivity index is 1.96. The van der Waals surface area contributed by atoms with Gasteiger partial charge in [-0.15, -0.1) is 0 Å². The molecule has 0 aliphatic carbocycles. The summed E-state index contributed by atoms with van der Waals surface area (Å²) in [6.45, 7) is 6.12. The SMILES string of the molecule is CCCCCCCC(=O)c1ccc(C=CC2(NC(=O)O)COC(C)(C)OC2)cc1. The first-order valence-corrected chi connectivity index (χ1v) is 10.4. The van der Waals surface area contributed by atoms with Crippen molar-refractivity contribution in [3.8, 4) is 0 Å². The van der Waals surface area contributed by atoms with E-state index in [-0.39, 0.29) is 19.0 Å². The molecule has 6 nitrogen and oxygen atoms in total. The van der Waals surface area contributed by atoms with Gasteiger partial charge in [0.15, 0.2) is 11.6 Å². The topological polar surface area (TPSA) is 84.9 Å². The first kappa shape index (κ1) is 23.1. The number of carbonyl (C=O) groups excluding carboxylic acids is 1. The maximum atomic E-state index is 12.3. The predicted octanol–water partition coefficient (Wildman–Crippen LogP) is 5.03. The fraction of sp³-hybridized carbons (Fsp3) is 0.565. The highest BCUT2D eigenvalue weighted by molar-refractivity contribution is 5.96. The second-order valence-corrected chi connectivity index (χ2v) is 8.11. The molecule has 1 amide bonds. The zero-order valence-corrected chi connectivity index (χ0v) is 17.7. The lowest BCUT2D eigenvalue weighted by molar-refractivity contribution is -0.263. The lowest BCUT2D eigenvalue weighted by atomic mass is 9.97. The number of unbranched alkanes of at least 4 members (excludes halogenated alkanes) is 4. The van der Waals surface area contributed by atoms with Crippen LogP contribution in [0.2, 0.25) is 0 Å². The van der Waals surface area contributed by atoms with Gasteiger partial charge in [-0.2, -0.15) is 0 Å². The number of hydrogen-bond donors (Lipinski definition) is 2. The number of rotatable bonds is 10. The first-order chi connectivity index (χ1) is 13.8. The van der Waals surface area contributed by atoms with Crippen molar-refractivity contribution in [1.82, 2.24) is 5.32 Å². The minimum atomic E-state index is -1.14. The highest BCUT2D eigenvalue weighted by Gasteiger charge is 2.39. The van der Waals surface area contributed by atoms with Crippen molar-refractivity contribution >= 4 is 18.0 Å². The molecular formula is C23H33NO5. The van der Waals surface area contributed by atoms with Crippen LogP contribution in [0.4, 0.5) is 4.79 Å². The summed E-state index contributed by atoms with van der Waals surface area (Å²) < 4.78 is 11.3. The van der Waals surface area contributed by atoms with Gasteiger partial charge in [0.05, 0.1) is 13.2 Å². The van der Waals surface area contributed by atoms with Crippen LogP contribution >= 0.6 is 0 Å². The molecule has 0 bridgehead atoms. The largest absolute Gasteiger partial charge is 0.465 e. The Bertz CT molecular complexity index is 698. The summed E-state index contributed by atoms with van der Waals surface area (Å²) in [5, 5.41) is 11.7. The molecule has 0 aromatic heterocycles. The molecule has 0 spiro atoms. The van der Waals surface area contributed by atoms with Crippen LogP contribution in [0, 0.1) is 0 Å².